The highest BCUT2D eigenvalue weighted by atomic mass is 35.5. The molecule has 0 radical (unpaired) electrons. The molecule has 2 amide bonds. The Kier molecular flexibility index (Phi) is 5.40. The molecule has 0 bridgehead atoms. The van der Waals surface area contributed by atoms with Crippen molar-refractivity contribution in [1.29, 1.82) is 0 Å². The normalized spacial score (nSPS) is 23.5. The average molecular weight is 480 g/mol. The maximum atomic E-state index is 13.2. The number of amides is 2. The van der Waals surface area contributed by atoms with Crippen LogP contribution in [-0.4, -0.2) is 34.0 Å². The van der Waals surface area contributed by atoms with Gasteiger partial charge in [0.15, 0.2) is 0 Å². The van der Waals surface area contributed by atoms with E-state index >= 15 is 0 Å². The Labute approximate surface area is 200 Å². The van der Waals surface area contributed by atoms with Crippen LogP contribution >= 0.6 is 11.6 Å². The van der Waals surface area contributed by atoms with Gasteiger partial charge in [-0.15, -0.1) is 0 Å². The summed E-state index contributed by atoms with van der Waals surface area (Å²) >= 11 is 6.28. The number of ether oxygens (including phenoxy) is 1. The standard InChI is InChI=1S/C25H22ClN3O5/c1-14(30)29-19(11-25(2)12-21(31)27-24(25)29)16-8-4-6-10-20(16)34-23(32)17-13-33-28-22(17)15-7-3-5-9-18(15)26/h3-10,13,19,24H,11-12H2,1-2H3,(H,27,31)/t19?,24?,25-/m1/s1. The summed E-state index contributed by atoms with van der Waals surface area (Å²) in [7, 11) is 0. The predicted molar refractivity (Wildman–Crippen MR) is 123 cm³/mol. The Hall–Kier alpha value is -3.65. The Morgan fingerprint density at radius 3 is 2.71 bits per heavy atom. The van der Waals surface area contributed by atoms with Gasteiger partial charge in [0.25, 0.3) is 0 Å². The van der Waals surface area contributed by atoms with E-state index in [0.29, 0.717) is 34.7 Å². The number of benzene rings is 2. The fourth-order valence-electron chi connectivity index (χ4n) is 5.04. The van der Waals surface area contributed by atoms with Crippen molar-refractivity contribution in [3.63, 3.8) is 0 Å². The quantitative estimate of drug-likeness (QED) is 0.440. The van der Waals surface area contributed by atoms with Crippen LogP contribution in [0.5, 0.6) is 5.75 Å². The first-order valence-electron chi connectivity index (χ1n) is 10.9. The molecule has 1 aromatic heterocycles. The fraction of sp³-hybridized carbons (Fsp3) is 0.280. The predicted octanol–water partition coefficient (Wildman–Crippen LogP) is 4.36. The van der Waals surface area contributed by atoms with Crippen LogP contribution < -0.4 is 10.1 Å². The molecule has 3 atom stereocenters. The van der Waals surface area contributed by atoms with Gasteiger partial charge in [0.2, 0.25) is 11.8 Å². The molecule has 5 rings (SSSR count). The van der Waals surface area contributed by atoms with Gasteiger partial charge in [-0.1, -0.05) is 60.1 Å². The molecule has 174 valence electrons. The van der Waals surface area contributed by atoms with Crippen LogP contribution in [-0.2, 0) is 9.59 Å². The molecule has 2 fully saturated rings. The van der Waals surface area contributed by atoms with Crippen LogP contribution in [0.3, 0.4) is 0 Å². The minimum atomic E-state index is -0.657. The lowest BCUT2D eigenvalue weighted by atomic mass is 9.83. The molecule has 34 heavy (non-hydrogen) atoms. The maximum absolute atomic E-state index is 13.2. The fourth-order valence-corrected chi connectivity index (χ4v) is 5.27. The van der Waals surface area contributed by atoms with Gasteiger partial charge in [0.1, 0.15) is 29.4 Å². The molecular formula is C25H22ClN3O5. The summed E-state index contributed by atoms with van der Waals surface area (Å²) in [4.78, 5) is 39.5. The van der Waals surface area contributed by atoms with Crippen molar-refractivity contribution in [2.24, 2.45) is 5.41 Å². The van der Waals surface area contributed by atoms with Crippen molar-refractivity contribution in [1.82, 2.24) is 15.4 Å². The monoisotopic (exact) mass is 479 g/mol. The summed E-state index contributed by atoms with van der Waals surface area (Å²) in [5, 5.41) is 7.30. The van der Waals surface area contributed by atoms with Gasteiger partial charge in [0.05, 0.1) is 11.1 Å². The first-order chi connectivity index (χ1) is 16.3. The number of nitrogens with one attached hydrogen (secondary N) is 1. The minimum Gasteiger partial charge on any atom is -0.422 e. The molecule has 2 saturated heterocycles. The van der Waals surface area contributed by atoms with Crippen LogP contribution in [0.1, 0.15) is 48.7 Å². The van der Waals surface area contributed by atoms with Gasteiger partial charge in [-0.2, -0.15) is 0 Å². The number of rotatable bonds is 4. The van der Waals surface area contributed by atoms with Crippen LogP contribution in [0.2, 0.25) is 5.02 Å². The zero-order valence-corrected chi connectivity index (χ0v) is 19.3. The molecule has 0 aliphatic carbocycles. The van der Waals surface area contributed by atoms with E-state index in [0.717, 1.165) is 0 Å². The molecule has 0 saturated carbocycles. The molecule has 0 spiro atoms. The number of fused-ring (bicyclic) bond motifs is 1. The lowest BCUT2D eigenvalue weighted by molar-refractivity contribution is -0.133. The molecule has 3 heterocycles. The third kappa shape index (κ3) is 3.64. The Bertz CT molecular complexity index is 1300. The van der Waals surface area contributed by atoms with E-state index in [4.69, 9.17) is 20.9 Å². The minimum absolute atomic E-state index is 0.0727. The Morgan fingerprint density at radius 1 is 1.21 bits per heavy atom. The van der Waals surface area contributed by atoms with E-state index in [2.05, 4.69) is 10.5 Å². The van der Waals surface area contributed by atoms with E-state index in [1.54, 1.807) is 41.3 Å². The van der Waals surface area contributed by atoms with Crippen molar-refractivity contribution in [2.75, 3.05) is 0 Å². The first-order valence-corrected chi connectivity index (χ1v) is 11.2. The number of para-hydroxylation sites is 1. The first kappa shape index (κ1) is 22.2. The average Bonchev–Trinajstić information content (AvgIpc) is 3.45. The van der Waals surface area contributed by atoms with Gasteiger partial charge >= 0.3 is 5.97 Å². The van der Waals surface area contributed by atoms with Crippen LogP contribution in [0.15, 0.2) is 59.3 Å². The van der Waals surface area contributed by atoms with Gasteiger partial charge in [0, 0.05) is 29.9 Å². The number of hydrogen-bond donors (Lipinski definition) is 1. The van der Waals surface area contributed by atoms with E-state index in [-0.39, 0.29) is 29.1 Å². The second-order valence-corrected chi connectivity index (χ2v) is 9.34. The van der Waals surface area contributed by atoms with Gasteiger partial charge in [-0.05, 0) is 18.6 Å². The Balaban J connectivity index is 1.47. The zero-order chi connectivity index (χ0) is 24.0. The van der Waals surface area contributed by atoms with E-state index in [1.807, 2.05) is 19.1 Å². The summed E-state index contributed by atoms with van der Waals surface area (Å²) in [6.45, 7) is 3.47. The molecule has 9 heteroatoms. The zero-order valence-electron chi connectivity index (χ0n) is 18.6. The van der Waals surface area contributed by atoms with Crippen molar-refractivity contribution in [2.45, 2.75) is 38.9 Å². The number of esters is 1. The number of halogens is 1. The highest BCUT2D eigenvalue weighted by molar-refractivity contribution is 6.33. The summed E-state index contributed by atoms with van der Waals surface area (Å²) in [6, 6.07) is 13.7. The lowest BCUT2D eigenvalue weighted by Gasteiger charge is -2.30. The van der Waals surface area contributed by atoms with E-state index < -0.39 is 17.6 Å². The van der Waals surface area contributed by atoms with Crippen LogP contribution in [0.25, 0.3) is 11.3 Å². The van der Waals surface area contributed by atoms with E-state index in [1.165, 1.54) is 13.2 Å². The van der Waals surface area contributed by atoms with Crippen LogP contribution in [0.4, 0.5) is 0 Å². The van der Waals surface area contributed by atoms with Crippen molar-refractivity contribution < 1.29 is 23.6 Å². The highest BCUT2D eigenvalue weighted by Gasteiger charge is 2.56. The molecule has 2 aliphatic rings. The molecule has 8 nitrogen and oxygen atoms in total. The van der Waals surface area contributed by atoms with Crippen molar-refractivity contribution in [3.05, 3.63) is 70.9 Å². The SMILES string of the molecule is CC(=O)N1C(c2ccccc2OC(=O)c2conc2-c2ccccc2Cl)C[C@]2(C)CC(=O)NC12. The number of hydrogen-bond acceptors (Lipinski definition) is 6. The third-order valence-corrected chi connectivity index (χ3v) is 6.89. The van der Waals surface area contributed by atoms with Gasteiger partial charge < -0.3 is 19.5 Å². The maximum Gasteiger partial charge on any atom is 0.349 e. The van der Waals surface area contributed by atoms with Gasteiger partial charge in [-0.25, -0.2) is 4.79 Å². The largest absolute Gasteiger partial charge is 0.422 e. The smallest absolute Gasteiger partial charge is 0.349 e. The van der Waals surface area contributed by atoms with Crippen LogP contribution in [0, 0.1) is 5.41 Å². The molecule has 2 aromatic carbocycles. The topological polar surface area (TPSA) is 102 Å². The lowest BCUT2D eigenvalue weighted by Crippen LogP contribution is -2.46. The molecule has 1 N–H and O–H groups in total. The molecule has 2 unspecified atom stereocenters. The molecule has 2 aliphatic heterocycles. The second kappa shape index (κ2) is 8.29. The molecule has 3 aromatic rings. The number of carbonyl (C=O) groups excluding carboxylic acids is 3. The molecular weight excluding hydrogens is 458 g/mol. The number of aromatic nitrogens is 1. The van der Waals surface area contributed by atoms with Crippen molar-refractivity contribution in [3.8, 4) is 17.0 Å². The number of carbonyl (C=O) groups is 3. The third-order valence-electron chi connectivity index (χ3n) is 6.56. The number of likely N-dealkylation sites (tertiary alicyclic amines) is 1. The van der Waals surface area contributed by atoms with Gasteiger partial charge in [-0.3, -0.25) is 9.59 Å². The van der Waals surface area contributed by atoms with E-state index in [9.17, 15) is 14.4 Å². The summed E-state index contributed by atoms with van der Waals surface area (Å²) in [6.07, 6.45) is 1.71. The Morgan fingerprint density at radius 2 is 1.94 bits per heavy atom. The summed E-state index contributed by atoms with van der Waals surface area (Å²) in [5.41, 5.74) is 1.24. The summed E-state index contributed by atoms with van der Waals surface area (Å²) in [5.74, 6) is -0.570. The number of nitrogens with zero attached hydrogens (tertiary/aromatic N) is 2. The summed E-state index contributed by atoms with van der Waals surface area (Å²) < 4.78 is 10.9. The second-order valence-electron chi connectivity index (χ2n) is 8.93. The van der Waals surface area contributed by atoms with Crippen molar-refractivity contribution >= 4 is 29.4 Å². The highest BCUT2D eigenvalue weighted by Crippen LogP contribution is 2.52.